The third-order valence-electron chi connectivity index (χ3n) is 6.47. The van der Waals surface area contributed by atoms with Crippen molar-refractivity contribution in [2.24, 2.45) is 5.92 Å². The van der Waals surface area contributed by atoms with Crippen molar-refractivity contribution in [1.82, 2.24) is 24.4 Å². The summed E-state index contributed by atoms with van der Waals surface area (Å²) in [4.78, 5) is 63.4. The molecule has 1 aromatic carbocycles. The van der Waals surface area contributed by atoms with E-state index in [2.05, 4.69) is 20.3 Å². The molecule has 4 heterocycles. The molecule has 14 nitrogen and oxygen atoms in total. The molecule has 1 saturated heterocycles. The van der Waals surface area contributed by atoms with E-state index in [9.17, 15) is 34.5 Å². The summed E-state index contributed by atoms with van der Waals surface area (Å²) in [5, 5.41) is 32.3. The molecule has 1 fully saturated rings. The van der Waals surface area contributed by atoms with Gasteiger partial charge in [0.2, 0.25) is 11.9 Å². The lowest BCUT2D eigenvalue weighted by molar-refractivity contribution is -0.121. The molecule has 194 valence electrons. The monoisotopic (exact) mass is 512 g/mol. The number of carbonyl (C=O) groups is 3. The molecule has 0 saturated carbocycles. The molecule has 2 aliphatic rings. The first-order valence-electron chi connectivity index (χ1n) is 11.5. The Balaban J connectivity index is 1.46. The minimum absolute atomic E-state index is 0.0734. The number of benzene rings is 1. The highest BCUT2D eigenvalue weighted by Gasteiger charge is 2.45. The molecule has 0 bridgehead atoms. The van der Waals surface area contributed by atoms with Crippen LogP contribution in [0.4, 0.5) is 5.95 Å². The number of imide groups is 1. The van der Waals surface area contributed by atoms with Gasteiger partial charge >= 0.3 is 0 Å². The maximum atomic E-state index is 13.3. The van der Waals surface area contributed by atoms with Crippen molar-refractivity contribution in [2.45, 2.75) is 44.4 Å². The zero-order chi connectivity index (χ0) is 26.6. The van der Waals surface area contributed by atoms with Crippen LogP contribution in [-0.2, 0) is 9.53 Å². The maximum Gasteiger partial charge on any atom is 0.280 e. The van der Waals surface area contributed by atoms with E-state index < -0.39 is 66.4 Å². The van der Waals surface area contributed by atoms with Crippen molar-refractivity contribution in [2.75, 3.05) is 11.9 Å². The van der Waals surface area contributed by atoms with Crippen LogP contribution in [0.15, 0.2) is 35.4 Å². The number of aromatic nitrogens is 4. The number of amides is 3. The standard InChI is InChI=1S/C23H24N6O8/c1-9(2)14(29-20(35)10-5-3-4-6-11(10)21(29)36)19(34)27-23-25-17-13(18(33)26-23)24-8-28(17)22-16(32)15(31)12(7-30)37-22/h3-6,8-9,12,14-16,22,30-32H,7H2,1-2H3,(H2,25,26,27,33,34)/t12-,14-,15+,16+,22+/m0/s1. The maximum absolute atomic E-state index is 13.3. The van der Waals surface area contributed by atoms with E-state index in [1.165, 1.54) is 23.0 Å². The van der Waals surface area contributed by atoms with Crippen molar-refractivity contribution in [3.8, 4) is 0 Å². The second kappa shape index (κ2) is 9.15. The van der Waals surface area contributed by atoms with E-state index in [1.807, 2.05) is 0 Å². The number of nitrogens with one attached hydrogen (secondary N) is 2. The van der Waals surface area contributed by atoms with E-state index >= 15 is 0 Å². The molecule has 3 aromatic rings. The van der Waals surface area contributed by atoms with Gasteiger partial charge in [0.15, 0.2) is 17.4 Å². The van der Waals surface area contributed by atoms with Crippen molar-refractivity contribution >= 4 is 34.8 Å². The molecule has 0 spiro atoms. The molecule has 0 aliphatic carbocycles. The van der Waals surface area contributed by atoms with Gasteiger partial charge in [0.1, 0.15) is 24.4 Å². The minimum atomic E-state index is -1.45. The molecular formula is C23H24N6O8. The molecule has 3 amide bonds. The third-order valence-corrected chi connectivity index (χ3v) is 6.47. The first-order chi connectivity index (χ1) is 17.6. The summed E-state index contributed by atoms with van der Waals surface area (Å²) in [5.74, 6) is -2.74. The lowest BCUT2D eigenvalue weighted by Crippen LogP contribution is -2.50. The van der Waals surface area contributed by atoms with E-state index in [1.54, 1.807) is 26.0 Å². The largest absolute Gasteiger partial charge is 0.394 e. The van der Waals surface area contributed by atoms with Gasteiger partial charge < -0.3 is 20.1 Å². The Kier molecular flexibility index (Phi) is 6.11. The van der Waals surface area contributed by atoms with Crippen LogP contribution in [0.5, 0.6) is 0 Å². The number of nitrogens with zero attached hydrogens (tertiary/aromatic N) is 4. The van der Waals surface area contributed by atoms with Crippen LogP contribution in [0.25, 0.3) is 11.2 Å². The summed E-state index contributed by atoms with van der Waals surface area (Å²) in [6, 6.07) is 5.06. The average Bonchev–Trinajstić information content (AvgIpc) is 3.49. The van der Waals surface area contributed by atoms with E-state index in [0.29, 0.717) is 0 Å². The highest BCUT2D eigenvalue weighted by atomic mass is 16.6. The van der Waals surface area contributed by atoms with Gasteiger partial charge in [0, 0.05) is 0 Å². The number of hydrogen-bond acceptors (Lipinski definition) is 10. The second-order valence-corrected chi connectivity index (χ2v) is 9.17. The van der Waals surface area contributed by atoms with Gasteiger partial charge in [0.05, 0.1) is 24.1 Å². The number of carbonyl (C=O) groups excluding carboxylic acids is 3. The highest BCUT2D eigenvalue weighted by molar-refractivity contribution is 6.23. The van der Waals surface area contributed by atoms with Gasteiger partial charge in [-0.25, -0.2) is 4.98 Å². The van der Waals surface area contributed by atoms with Crippen LogP contribution in [0.1, 0.15) is 40.8 Å². The van der Waals surface area contributed by atoms with Crippen LogP contribution in [0, 0.1) is 5.92 Å². The van der Waals surface area contributed by atoms with Gasteiger partial charge in [-0.05, 0) is 18.1 Å². The number of fused-ring (bicyclic) bond motifs is 2. The Bertz CT molecular complexity index is 1430. The van der Waals surface area contributed by atoms with Crippen LogP contribution < -0.4 is 10.9 Å². The number of imidazole rings is 1. The van der Waals surface area contributed by atoms with Crippen molar-refractivity contribution in [1.29, 1.82) is 0 Å². The van der Waals surface area contributed by atoms with Crippen LogP contribution in [-0.4, -0.2) is 88.4 Å². The molecule has 37 heavy (non-hydrogen) atoms. The topological polar surface area (TPSA) is 200 Å². The summed E-state index contributed by atoms with van der Waals surface area (Å²) < 4.78 is 6.69. The zero-order valence-electron chi connectivity index (χ0n) is 19.7. The predicted octanol–water partition coefficient (Wildman–Crippen LogP) is -1.01. The molecule has 5 N–H and O–H groups in total. The Morgan fingerprint density at radius 2 is 1.78 bits per heavy atom. The van der Waals surface area contributed by atoms with Gasteiger partial charge in [-0.2, -0.15) is 4.98 Å². The number of H-pyrrole nitrogens is 1. The Morgan fingerprint density at radius 1 is 1.14 bits per heavy atom. The molecule has 0 radical (unpaired) electrons. The van der Waals surface area contributed by atoms with E-state index in [-0.39, 0.29) is 28.2 Å². The Labute approximate surface area is 208 Å². The fourth-order valence-electron chi connectivity index (χ4n) is 4.65. The van der Waals surface area contributed by atoms with Gasteiger partial charge in [-0.15, -0.1) is 0 Å². The lowest BCUT2D eigenvalue weighted by atomic mass is 10.0. The molecule has 2 aromatic heterocycles. The smallest absolute Gasteiger partial charge is 0.280 e. The Morgan fingerprint density at radius 3 is 2.35 bits per heavy atom. The summed E-state index contributed by atoms with van der Waals surface area (Å²) in [7, 11) is 0. The first-order valence-corrected chi connectivity index (χ1v) is 11.5. The molecule has 5 rings (SSSR count). The number of ether oxygens (including phenoxy) is 1. The molecule has 2 aliphatic heterocycles. The van der Waals surface area contributed by atoms with Gasteiger partial charge in [-0.3, -0.25) is 38.9 Å². The van der Waals surface area contributed by atoms with Crippen molar-refractivity contribution in [3.63, 3.8) is 0 Å². The van der Waals surface area contributed by atoms with Gasteiger partial charge in [0.25, 0.3) is 17.4 Å². The summed E-state index contributed by atoms with van der Waals surface area (Å²) in [6.45, 7) is 2.79. The SMILES string of the molecule is CC(C)[C@@H](C(=O)Nc1nc2c(ncn2[C@@H]2O[C@@H](CO)[C@@H](O)[C@H]2O)c(=O)[nH]1)N1C(=O)c2ccccc2C1=O. The zero-order valence-corrected chi connectivity index (χ0v) is 19.7. The number of aliphatic hydroxyl groups is 3. The average molecular weight is 512 g/mol. The quantitative estimate of drug-likeness (QED) is 0.255. The minimum Gasteiger partial charge on any atom is -0.394 e. The lowest BCUT2D eigenvalue weighted by Gasteiger charge is -2.28. The normalized spacial score (nSPS) is 24.2. The summed E-state index contributed by atoms with van der Waals surface area (Å²) in [6.07, 6.45) is -3.94. The second-order valence-electron chi connectivity index (χ2n) is 9.17. The van der Waals surface area contributed by atoms with Gasteiger partial charge in [-0.1, -0.05) is 26.0 Å². The number of aromatic amines is 1. The van der Waals surface area contributed by atoms with E-state index in [4.69, 9.17) is 4.74 Å². The molecule has 5 atom stereocenters. The number of rotatable bonds is 6. The van der Waals surface area contributed by atoms with Crippen LogP contribution in [0.2, 0.25) is 0 Å². The summed E-state index contributed by atoms with van der Waals surface area (Å²) in [5.41, 5.74) is -0.526. The highest BCUT2D eigenvalue weighted by Crippen LogP contribution is 2.31. The molecular weight excluding hydrogens is 488 g/mol. The number of anilines is 1. The first kappa shape index (κ1) is 24.7. The predicted molar refractivity (Wildman–Crippen MR) is 125 cm³/mol. The number of aliphatic hydroxyl groups excluding tert-OH is 3. The van der Waals surface area contributed by atoms with Crippen LogP contribution >= 0.6 is 0 Å². The van der Waals surface area contributed by atoms with E-state index in [0.717, 1.165) is 4.90 Å². The van der Waals surface area contributed by atoms with Crippen molar-refractivity contribution in [3.05, 3.63) is 52.1 Å². The fraction of sp³-hybridized carbons (Fsp3) is 0.391. The van der Waals surface area contributed by atoms with Crippen molar-refractivity contribution < 1.29 is 34.4 Å². The fourth-order valence-corrected chi connectivity index (χ4v) is 4.65. The molecule has 0 unspecified atom stereocenters. The number of hydrogen-bond donors (Lipinski definition) is 5. The summed E-state index contributed by atoms with van der Waals surface area (Å²) >= 11 is 0. The third kappa shape index (κ3) is 3.90. The Hall–Kier alpha value is -3.98. The molecule has 14 heteroatoms. The van der Waals surface area contributed by atoms with Crippen LogP contribution in [0.3, 0.4) is 0 Å².